The van der Waals surface area contributed by atoms with Crippen LogP contribution in [0.25, 0.3) is 0 Å². The van der Waals surface area contributed by atoms with Gasteiger partial charge in [-0.25, -0.2) is 0 Å². The minimum Gasteiger partial charge on any atom is -0.497 e. The zero-order valence-corrected chi connectivity index (χ0v) is 18.7. The lowest BCUT2D eigenvalue weighted by molar-refractivity contribution is -0.277. The van der Waals surface area contributed by atoms with Gasteiger partial charge in [-0.3, -0.25) is 9.59 Å². The average Bonchev–Trinajstić information content (AvgIpc) is 2.87. The second-order valence-corrected chi connectivity index (χ2v) is 7.41. The van der Waals surface area contributed by atoms with Crippen LogP contribution in [0.4, 0.5) is 0 Å². The Balaban J connectivity index is 1.91. The maximum absolute atomic E-state index is 12.9. The topological polar surface area (TPSA) is 161 Å². The summed E-state index contributed by atoms with van der Waals surface area (Å²) in [7, 11) is 4.05. The molecule has 0 saturated carbocycles. The summed E-state index contributed by atoms with van der Waals surface area (Å²) < 4.78 is 26.6. The second kappa shape index (κ2) is 10.8. The molecule has 0 spiro atoms. The van der Waals surface area contributed by atoms with Crippen molar-refractivity contribution >= 4 is 11.6 Å². The summed E-state index contributed by atoms with van der Waals surface area (Å²) in [5, 5.41) is 39.6. The van der Waals surface area contributed by atoms with Gasteiger partial charge in [0, 0.05) is 11.1 Å². The molecule has 34 heavy (non-hydrogen) atoms. The van der Waals surface area contributed by atoms with Gasteiger partial charge in [0.15, 0.2) is 11.5 Å². The van der Waals surface area contributed by atoms with E-state index in [0.29, 0.717) is 5.75 Å². The van der Waals surface area contributed by atoms with Crippen LogP contribution >= 0.6 is 0 Å². The number of aliphatic hydroxyl groups excluding tert-OH is 4. The summed E-state index contributed by atoms with van der Waals surface area (Å²) in [5.74, 6) is -1.22. The monoisotopic (exact) mass is 478 g/mol. The van der Waals surface area contributed by atoms with Crippen molar-refractivity contribution in [2.45, 2.75) is 30.7 Å². The number of benzene rings is 2. The van der Waals surface area contributed by atoms with Crippen LogP contribution in [0.3, 0.4) is 0 Å². The van der Waals surface area contributed by atoms with E-state index in [1.807, 2.05) is 0 Å². The maximum atomic E-state index is 12.9. The molecule has 0 aliphatic carbocycles. The van der Waals surface area contributed by atoms with Crippen molar-refractivity contribution in [1.82, 2.24) is 0 Å². The SMILES string of the molecule is COc1ccc(C(=O)C(=O)c2cc(OC)c(O[C@@H]3O[C@H](CO)[C@@H](O)[C@H](O)[C@H]3O)c(OC)c2)cc1. The van der Waals surface area contributed by atoms with E-state index in [1.165, 1.54) is 45.6 Å². The number of rotatable bonds is 9. The summed E-state index contributed by atoms with van der Waals surface area (Å²) in [6.45, 7) is -0.639. The van der Waals surface area contributed by atoms with Crippen molar-refractivity contribution in [2.75, 3.05) is 27.9 Å². The minimum absolute atomic E-state index is 0.0257. The highest BCUT2D eigenvalue weighted by molar-refractivity contribution is 6.49. The molecule has 11 heteroatoms. The highest BCUT2D eigenvalue weighted by Gasteiger charge is 2.45. The molecule has 0 aromatic heterocycles. The van der Waals surface area contributed by atoms with Gasteiger partial charge in [-0.15, -0.1) is 0 Å². The fourth-order valence-electron chi connectivity index (χ4n) is 3.41. The summed E-state index contributed by atoms with van der Waals surface area (Å²) >= 11 is 0. The predicted octanol–water partition coefficient (Wildman–Crippen LogP) is -0.0433. The largest absolute Gasteiger partial charge is 0.497 e. The minimum atomic E-state index is -1.68. The average molecular weight is 478 g/mol. The Morgan fingerprint density at radius 3 is 1.88 bits per heavy atom. The Bertz CT molecular complexity index is 993. The molecule has 5 atom stereocenters. The van der Waals surface area contributed by atoms with Crippen LogP contribution < -0.4 is 18.9 Å². The molecule has 0 amide bonds. The first-order valence-electron chi connectivity index (χ1n) is 10.2. The lowest BCUT2D eigenvalue weighted by Crippen LogP contribution is -2.60. The smallest absolute Gasteiger partial charge is 0.233 e. The molecule has 0 radical (unpaired) electrons. The zero-order valence-electron chi connectivity index (χ0n) is 18.7. The van der Waals surface area contributed by atoms with E-state index >= 15 is 0 Å². The molecule has 0 bridgehead atoms. The molecule has 1 aliphatic heterocycles. The van der Waals surface area contributed by atoms with Crippen LogP contribution in [0.15, 0.2) is 36.4 Å². The van der Waals surface area contributed by atoms with E-state index < -0.39 is 48.9 Å². The number of hydrogen-bond donors (Lipinski definition) is 4. The number of hydrogen-bond acceptors (Lipinski definition) is 11. The lowest BCUT2D eigenvalue weighted by atomic mass is 9.99. The predicted molar refractivity (Wildman–Crippen MR) is 116 cm³/mol. The summed E-state index contributed by atoms with van der Waals surface area (Å²) in [6.07, 6.45) is -7.60. The number of carbonyl (C=O) groups is 2. The van der Waals surface area contributed by atoms with Crippen molar-refractivity contribution < 1.29 is 53.7 Å². The first-order chi connectivity index (χ1) is 16.2. The molecular weight excluding hydrogens is 452 g/mol. The normalized spacial score (nSPS) is 24.3. The van der Waals surface area contributed by atoms with Crippen molar-refractivity contribution in [3.8, 4) is 23.0 Å². The Morgan fingerprint density at radius 1 is 0.824 bits per heavy atom. The van der Waals surface area contributed by atoms with E-state index in [4.69, 9.17) is 23.7 Å². The van der Waals surface area contributed by atoms with Gasteiger partial charge in [0.05, 0.1) is 27.9 Å². The number of ketones is 2. The Labute approximate surface area is 195 Å². The molecule has 1 aliphatic rings. The number of ether oxygens (including phenoxy) is 5. The molecule has 3 rings (SSSR count). The van der Waals surface area contributed by atoms with Gasteiger partial charge in [0.25, 0.3) is 0 Å². The van der Waals surface area contributed by atoms with Crippen LogP contribution in [-0.4, -0.2) is 90.6 Å². The number of carbonyl (C=O) groups excluding carboxylic acids is 2. The van der Waals surface area contributed by atoms with Crippen LogP contribution in [0.1, 0.15) is 20.7 Å². The van der Waals surface area contributed by atoms with Gasteiger partial charge < -0.3 is 44.1 Å². The van der Waals surface area contributed by atoms with Gasteiger partial charge >= 0.3 is 0 Å². The number of methoxy groups -OCH3 is 3. The van der Waals surface area contributed by atoms with Crippen LogP contribution in [0.5, 0.6) is 23.0 Å². The molecule has 11 nitrogen and oxygen atoms in total. The third-order valence-electron chi connectivity index (χ3n) is 5.36. The maximum Gasteiger partial charge on any atom is 0.233 e. The summed E-state index contributed by atoms with van der Waals surface area (Å²) in [4.78, 5) is 25.6. The van der Waals surface area contributed by atoms with Crippen molar-refractivity contribution in [2.24, 2.45) is 0 Å². The molecule has 4 N–H and O–H groups in total. The van der Waals surface area contributed by atoms with E-state index in [-0.39, 0.29) is 28.4 Å². The van der Waals surface area contributed by atoms with Crippen molar-refractivity contribution in [1.29, 1.82) is 0 Å². The van der Waals surface area contributed by atoms with E-state index in [2.05, 4.69) is 0 Å². The zero-order chi connectivity index (χ0) is 25.0. The lowest BCUT2D eigenvalue weighted by Gasteiger charge is -2.39. The number of aliphatic hydroxyl groups is 4. The van der Waals surface area contributed by atoms with E-state index in [1.54, 1.807) is 12.1 Å². The van der Waals surface area contributed by atoms with Gasteiger partial charge in [0.2, 0.25) is 23.6 Å². The highest BCUT2D eigenvalue weighted by Crippen LogP contribution is 2.41. The standard InChI is InChI=1S/C23H26O11/c1-30-13-6-4-11(5-7-13)17(25)18(26)12-8-14(31-2)22(15(9-12)32-3)34-23-21(29)20(28)19(27)16(10-24)33-23/h4-9,16,19-21,23-24,27-29H,10H2,1-3H3/t16-,19-,20+,21-,23+/m1/s1. The van der Waals surface area contributed by atoms with Crippen LogP contribution in [-0.2, 0) is 4.74 Å². The van der Waals surface area contributed by atoms with Gasteiger partial charge in [-0.05, 0) is 36.4 Å². The fourth-order valence-corrected chi connectivity index (χ4v) is 3.41. The fraction of sp³-hybridized carbons (Fsp3) is 0.391. The third-order valence-corrected chi connectivity index (χ3v) is 5.36. The van der Waals surface area contributed by atoms with E-state index in [9.17, 15) is 30.0 Å². The molecule has 1 heterocycles. The Hall–Kier alpha value is -3.22. The van der Waals surface area contributed by atoms with Crippen LogP contribution in [0, 0.1) is 0 Å². The van der Waals surface area contributed by atoms with Gasteiger partial charge in [-0.1, -0.05) is 0 Å². The highest BCUT2D eigenvalue weighted by atomic mass is 16.7. The Morgan fingerprint density at radius 2 is 1.38 bits per heavy atom. The molecule has 184 valence electrons. The summed E-state index contributed by atoms with van der Waals surface area (Å²) in [6, 6.07) is 8.55. The summed E-state index contributed by atoms with van der Waals surface area (Å²) in [5.41, 5.74) is 0.112. The molecule has 1 fully saturated rings. The van der Waals surface area contributed by atoms with E-state index in [0.717, 1.165) is 0 Å². The third kappa shape index (κ3) is 4.98. The van der Waals surface area contributed by atoms with Gasteiger partial charge in [0.1, 0.15) is 30.2 Å². The molecule has 2 aromatic rings. The second-order valence-electron chi connectivity index (χ2n) is 7.41. The van der Waals surface area contributed by atoms with Crippen LogP contribution in [0.2, 0.25) is 0 Å². The van der Waals surface area contributed by atoms with Crippen molar-refractivity contribution in [3.05, 3.63) is 47.5 Å². The molecular formula is C23H26O11. The molecule has 1 saturated heterocycles. The Kier molecular flexibility index (Phi) is 8.07. The quantitative estimate of drug-likeness (QED) is 0.283. The first-order valence-corrected chi connectivity index (χ1v) is 10.2. The van der Waals surface area contributed by atoms with Crippen molar-refractivity contribution in [3.63, 3.8) is 0 Å². The number of Topliss-reactive ketones (excluding diaryl/α,β-unsaturated/α-hetero) is 2. The molecule has 2 aromatic carbocycles. The first kappa shape index (κ1) is 25.4. The van der Waals surface area contributed by atoms with Gasteiger partial charge in [-0.2, -0.15) is 0 Å². The molecule has 0 unspecified atom stereocenters.